The van der Waals surface area contributed by atoms with Gasteiger partial charge in [-0.15, -0.1) is 0 Å². The quantitative estimate of drug-likeness (QED) is 0.635. The first-order chi connectivity index (χ1) is 10.8. The van der Waals surface area contributed by atoms with Gasteiger partial charge in [0.25, 0.3) is 10.0 Å². The van der Waals surface area contributed by atoms with Crippen LogP contribution in [0.15, 0.2) is 47.4 Å². The maximum Gasteiger partial charge on any atom is 0.357 e. The van der Waals surface area contributed by atoms with Crippen LogP contribution in [0.25, 0.3) is 0 Å². The SMILES string of the molecule is COc1ccc(C(=O)ONS(=O)(=O)c2cc(N)ccc2C)cc1. The number of anilines is 1. The van der Waals surface area contributed by atoms with Gasteiger partial charge in [0, 0.05) is 5.69 Å². The Hall–Kier alpha value is -2.58. The minimum atomic E-state index is -4.03. The molecule has 0 saturated carbocycles. The van der Waals surface area contributed by atoms with E-state index in [1.807, 2.05) is 0 Å². The summed E-state index contributed by atoms with van der Waals surface area (Å²) in [7, 11) is -2.53. The summed E-state index contributed by atoms with van der Waals surface area (Å²) in [6, 6.07) is 10.5. The molecule has 7 nitrogen and oxygen atoms in total. The van der Waals surface area contributed by atoms with Gasteiger partial charge in [-0.3, -0.25) is 0 Å². The summed E-state index contributed by atoms with van der Waals surface area (Å²) in [4.78, 5) is 18.3. The van der Waals surface area contributed by atoms with E-state index in [0.717, 1.165) is 0 Å². The van der Waals surface area contributed by atoms with E-state index < -0.39 is 16.0 Å². The van der Waals surface area contributed by atoms with Gasteiger partial charge in [-0.25, -0.2) is 13.2 Å². The molecule has 0 atom stereocenters. The van der Waals surface area contributed by atoms with E-state index in [0.29, 0.717) is 11.3 Å². The number of methoxy groups -OCH3 is 1. The Morgan fingerprint density at radius 2 is 1.78 bits per heavy atom. The molecular weight excluding hydrogens is 320 g/mol. The van der Waals surface area contributed by atoms with Crippen molar-refractivity contribution in [2.24, 2.45) is 0 Å². The Morgan fingerprint density at radius 1 is 1.13 bits per heavy atom. The fraction of sp³-hybridized carbons (Fsp3) is 0.133. The second kappa shape index (κ2) is 6.67. The van der Waals surface area contributed by atoms with E-state index in [1.54, 1.807) is 36.1 Å². The third kappa shape index (κ3) is 3.99. The van der Waals surface area contributed by atoms with E-state index in [2.05, 4.69) is 4.84 Å². The molecule has 2 aromatic carbocycles. The van der Waals surface area contributed by atoms with Crippen molar-refractivity contribution in [1.82, 2.24) is 4.89 Å². The fourth-order valence-electron chi connectivity index (χ4n) is 1.83. The number of carbonyl (C=O) groups excluding carboxylic acids is 1. The van der Waals surface area contributed by atoms with Crippen LogP contribution >= 0.6 is 0 Å². The zero-order chi connectivity index (χ0) is 17.0. The van der Waals surface area contributed by atoms with Crippen LogP contribution < -0.4 is 15.4 Å². The van der Waals surface area contributed by atoms with Crippen molar-refractivity contribution in [3.8, 4) is 5.75 Å². The molecule has 3 N–H and O–H groups in total. The summed E-state index contributed by atoms with van der Waals surface area (Å²) in [5.74, 6) is -0.268. The Labute approximate surface area is 134 Å². The molecule has 0 radical (unpaired) electrons. The van der Waals surface area contributed by atoms with Gasteiger partial charge in [-0.2, -0.15) is 0 Å². The molecule has 0 fully saturated rings. The Balaban J connectivity index is 2.12. The Morgan fingerprint density at radius 3 is 2.39 bits per heavy atom. The number of aryl methyl sites for hydroxylation is 1. The van der Waals surface area contributed by atoms with Crippen molar-refractivity contribution in [2.45, 2.75) is 11.8 Å². The molecule has 8 heteroatoms. The summed E-state index contributed by atoms with van der Waals surface area (Å²) in [6.07, 6.45) is 0. The van der Waals surface area contributed by atoms with Crippen LogP contribution in [0.4, 0.5) is 5.69 Å². The molecule has 0 amide bonds. The van der Waals surface area contributed by atoms with E-state index >= 15 is 0 Å². The molecule has 0 unspecified atom stereocenters. The van der Waals surface area contributed by atoms with E-state index in [9.17, 15) is 13.2 Å². The number of benzene rings is 2. The van der Waals surface area contributed by atoms with Gasteiger partial charge in [0.15, 0.2) is 0 Å². The van der Waals surface area contributed by atoms with Crippen LogP contribution in [0.1, 0.15) is 15.9 Å². The van der Waals surface area contributed by atoms with Crippen molar-refractivity contribution in [1.29, 1.82) is 0 Å². The highest BCUT2D eigenvalue weighted by Crippen LogP contribution is 2.18. The van der Waals surface area contributed by atoms with Gasteiger partial charge in [-0.05, 0) is 53.8 Å². The average molecular weight is 336 g/mol. The number of nitrogens with two attached hydrogens (primary N) is 1. The van der Waals surface area contributed by atoms with Crippen LogP contribution in [0.5, 0.6) is 5.75 Å². The topological polar surface area (TPSA) is 108 Å². The molecule has 0 aromatic heterocycles. The summed E-state index contributed by atoms with van der Waals surface area (Å²) < 4.78 is 29.3. The lowest BCUT2D eigenvalue weighted by atomic mass is 10.2. The molecule has 122 valence electrons. The van der Waals surface area contributed by atoms with E-state index in [4.69, 9.17) is 10.5 Å². The monoisotopic (exact) mass is 336 g/mol. The zero-order valence-electron chi connectivity index (χ0n) is 12.6. The molecule has 0 bridgehead atoms. The lowest BCUT2D eigenvalue weighted by Gasteiger charge is -2.10. The first-order valence-corrected chi connectivity index (χ1v) is 8.05. The third-order valence-electron chi connectivity index (χ3n) is 3.07. The molecule has 2 rings (SSSR count). The number of nitrogen functional groups attached to an aromatic ring is 1. The Kier molecular flexibility index (Phi) is 4.87. The normalized spacial score (nSPS) is 11.0. The molecule has 0 heterocycles. The Bertz CT molecular complexity index is 816. The van der Waals surface area contributed by atoms with Gasteiger partial charge in [0.1, 0.15) is 5.75 Å². The molecule has 23 heavy (non-hydrogen) atoms. The first-order valence-electron chi connectivity index (χ1n) is 6.56. The molecule has 0 spiro atoms. The van der Waals surface area contributed by atoms with Gasteiger partial charge in [0.05, 0.1) is 17.6 Å². The summed E-state index contributed by atoms with van der Waals surface area (Å²) in [5, 5.41) is 0. The number of carbonyl (C=O) groups is 1. The van der Waals surface area contributed by atoms with E-state index in [1.165, 1.54) is 25.3 Å². The minimum Gasteiger partial charge on any atom is -0.497 e. The molecule has 0 aliphatic carbocycles. The third-order valence-corrected chi connectivity index (χ3v) is 4.39. The number of hydrogen-bond acceptors (Lipinski definition) is 6. The van der Waals surface area contributed by atoms with Gasteiger partial charge >= 0.3 is 5.97 Å². The van der Waals surface area contributed by atoms with Crippen LogP contribution in [-0.2, 0) is 14.9 Å². The predicted molar refractivity (Wildman–Crippen MR) is 84.3 cm³/mol. The largest absolute Gasteiger partial charge is 0.497 e. The molecule has 0 saturated heterocycles. The summed E-state index contributed by atoms with van der Waals surface area (Å²) >= 11 is 0. The van der Waals surface area contributed by atoms with Crippen molar-refractivity contribution >= 4 is 21.7 Å². The number of hydrogen-bond donors (Lipinski definition) is 2. The minimum absolute atomic E-state index is 0.0555. The standard InChI is InChI=1S/C15H16N2O5S/c1-10-3-6-12(16)9-14(10)23(19,20)17-22-15(18)11-4-7-13(21-2)8-5-11/h3-9,17H,16H2,1-2H3. The second-order valence-electron chi connectivity index (χ2n) is 4.73. The highest BCUT2D eigenvalue weighted by molar-refractivity contribution is 7.89. The van der Waals surface area contributed by atoms with E-state index in [-0.39, 0.29) is 16.1 Å². The number of sulfonamides is 1. The van der Waals surface area contributed by atoms with Crippen molar-refractivity contribution < 1.29 is 22.8 Å². The first kappa shape index (κ1) is 16.8. The van der Waals surface area contributed by atoms with Gasteiger partial charge in [-0.1, -0.05) is 6.07 Å². The maximum atomic E-state index is 12.2. The van der Waals surface area contributed by atoms with Crippen LogP contribution in [0.3, 0.4) is 0 Å². The van der Waals surface area contributed by atoms with Crippen molar-refractivity contribution in [2.75, 3.05) is 12.8 Å². The molecule has 0 aliphatic rings. The molecule has 0 aliphatic heterocycles. The number of rotatable bonds is 5. The van der Waals surface area contributed by atoms with Crippen molar-refractivity contribution in [3.05, 3.63) is 53.6 Å². The van der Waals surface area contributed by atoms with Crippen LogP contribution in [-0.4, -0.2) is 21.5 Å². The highest BCUT2D eigenvalue weighted by atomic mass is 32.2. The molecular formula is C15H16N2O5S. The zero-order valence-corrected chi connectivity index (χ0v) is 13.4. The highest BCUT2D eigenvalue weighted by Gasteiger charge is 2.20. The molecule has 2 aromatic rings. The summed E-state index contributed by atoms with van der Waals surface area (Å²) in [5.41, 5.74) is 6.53. The maximum absolute atomic E-state index is 12.2. The lowest BCUT2D eigenvalue weighted by molar-refractivity contribution is 0.0407. The second-order valence-corrected chi connectivity index (χ2v) is 6.34. The predicted octanol–water partition coefficient (Wildman–Crippen LogP) is 1.64. The number of nitrogens with one attached hydrogen (secondary N) is 1. The smallest absolute Gasteiger partial charge is 0.357 e. The average Bonchev–Trinajstić information content (AvgIpc) is 2.55. The fourth-order valence-corrected chi connectivity index (χ4v) is 2.89. The lowest BCUT2D eigenvalue weighted by Crippen LogP contribution is -2.28. The summed E-state index contributed by atoms with van der Waals surface area (Å²) in [6.45, 7) is 1.61. The van der Waals surface area contributed by atoms with Gasteiger partial charge < -0.3 is 15.3 Å². The van der Waals surface area contributed by atoms with Crippen molar-refractivity contribution in [3.63, 3.8) is 0 Å². The van der Waals surface area contributed by atoms with Crippen LogP contribution in [0, 0.1) is 6.92 Å². The van der Waals surface area contributed by atoms with Gasteiger partial charge in [0.2, 0.25) is 0 Å². The van der Waals surface area contributed by atoms with Crippen LogP contribution in [0.2, 0.25) is 0 Å². The number of ether oxygens (including phenoxy) is 1.